The maximum absolute atomic E-state index is 8.86. The van der Waals surface area contributed by atoms with Crippen LogP contribution in [0.3, 0.4) is 0 Å². The summed E-state index contributed by atoms with van der Waals surface area (Å²) in [4.78, 5) is 2.29. The van der Waals surface area contributed by atoms with Gasteiger partial charge in [0.15, 0.2) is 0 Å². The molecule has 0 unspecified atom stereocenters. The monoisotopic (exact) mass is 256 g/mol. The second-order valence-corrected chi connectivity index (χ2v) is 5.21. The molecule has 2 rings (SSSR count). The third kappa shape index (κ3) is 3.69. The average Bonchev–Trinajstić information content (AvgIpc) is 2.90. The van der Waals surface area contributed by atoms with Gasteiger partial charge < -0.3 is 4.90 Å². The minimum absolute atomic E-state index is 0.735. The lowest BCUT2D eigenvalue weighted by molar-refractivity contribution is 0.331. The summed E-state index contributed by atoms with van der Waals surface area (Å²) in [6.45, 7) is 1.92. The largest absolute Gasteiger partial charge is 0.302 e. The van der Waals surface area contributed by atoms with Crippen molar-refractivity contribution in [1.82, 2.24) is 4.90 Å². The van der Waals surface area contributed by atoms with E-state index >= 15 is 0 Å². The van der Waals surface area contributed by atoms with Gasteiger partial charge in [0.05, 0.1) is 11.6 Å². The van der Waals surface area contributed by atoms with Crippen LogP contribution in [0.5, 0.6) is 0 Å². The van der Waals surface area contributed by atoms with Gasteiger partial charge >= 0.3 is 0 Å². The van der Waals surface area contributed by atoms with Crippen molar-refractivity contribution in [3.8, 4) is 6.07 Å². The van der Waals surface area contributed by atoms with E-state index in [9.17, 15) is 0 Å². The van der Waals surface area contributed by atoms with Crippen molar-refractivity contribution in [2.75, 3.05) is 13.6 Å². The van der Waals surface area contributed by atoms with E-state index in [-0.39, 0.29) is 0 Å². The van der Waals surface area contributed by atoms with E-state index in [4.69, 9.17) is 5.26 Å². The van der Waals surface area contributed by atoms with E-state index in [1.165, 1.54) is 11.1 Å². The van der Waals surface area contributed by atoms with Crippen molar-refractivity contribution in [3.05, 3.63) is 57.8 Å². The maximum Gasteiger partial charge on any atom is 0.0991 e. The summed E-state index contributed by atoms with van der Waals surface area (Å²) < 4.78 is 0. The molecule has 0 saturated heterocycles. The Kier molecular flexibility index (Phi) is 4.52. The number of rotatable bonds is 5. The Bertz CT molecular complexity index is 526. The standard InChI is InChI=1S/C15H16N2S/c1-17(7-5-13-6-8-18-12-13)11-15-4-2-3-14(9-15)10-16/h2-4,6,8-9,12H,5,7,11H2,1H3. The highest BCUT2D eigenvalue weighted by atomic mass is 32.1. The third-order valence-electron chi connectivity index (χ3n) is 2.87. The Balaban J connectivity index is 1.87. The second-order valence-electron chi connectivity index (χ2n) is 4.43. The number of nitriles is 1. The molecule has 0 radical (unpaired) electrons. The van der Waals surface area contributed by atoms with Gasteiger partial charge in [0.1, 0.15) is 0 Å². The van der Waals surface area contributed by atoms with Crippen LogP contribution in [0.1, 0.15) is 16.7 Å². The molecule has 2 nitrogen and oxygen atoms in total. The van der Waals surface area contributed by atoms with Crippen LogP contribution >= 0.6 is 11.3 Å². The fourth-order valence-corrected chi connectivity index (χ4v) is 2.59. The van der Waals surface area contributed by atoms with E-state index in [0.29, 0.717) is 0 Å². The number of hydrogen-bond acceptors (Lipinski definition) is 3. The lowest BCUT2D eigenvalue weighted by Gasteiger charge is -2.16. The van der Waals surface area contributed by atoms with Crippen LogP contribution in [0, 0.1) is 11.3 Å². The molecule has 0 aliphatic carbocycles. The highest BCUT2D eigenvalue weighted by Gasteiger charge is 2.02. The zero-order valence-corrected chi connectivity index (χ0v) is 11.3. The van der Waals surface area contributed by atoms with Gasteiger partial charge in [-0.2, -0.15) is 16.6 Å². The van der Waals surface area contributed by atoms with Crippen molar-refractivity contribution in [2.24, 2.45) is 0 Å². The zero-order chi connectivity index (χ0) is 12.8. The highest BCUT2D eigenvalue weighted by molar-refractivity contribution is 7.07. The Morgan fingerprint density at radius 3 is 2.89 bits per heavy atom. The molecule has 0 aliphatic heterocycles. The van der Waals surface area contributed by atoms with Crippen molar-refractivity contribution < 1.29 is 0 Å². The maximum atomic E-state index is 8.86. The van der Waals surface area contributed by atoms with E-state index in [2.05, 4.69) is 40.9 Å². The van der Waals surface area contributed by atoms with Crippen LogP contribution in [-0.4, -0.2) is 18.5 Å². The van der Waals surface area contributed by atoms with Gasteiger partial charge in [-0.15, -0.1) is 0 Å². The molecular weight excluding hydrogens is 240 g/mol. The number of thiophene rings is 1. The lowest BCUT2D eigenvalue weighted by Crippen LogP contribution is -2.20. The van der Waals surface area contributed by atoms with Gasteiger partial charge in [-0.3, -0.25) is 0 Å². The van der Waals surface area contributed by atoms with Crippen LogP contribution < -0.4 is 0 Å². The van der Waals surface area contributed by atoms with E-state index in [1.54, 1.807) is 11.3 Å². The molecule has 18 heavy (non-hydrogen) atoms. The molecule has 92 valence electrons. The number of likely N-dealkylation sites (N-methyl/N-ethyl adjacent to an activating group) is 1. The van der Waals surface area contributed by atoms with Crippen LogP contribution in [0.4, 0.5) is 0 Å². The summed E-state index contributed by atoms with van der Waals surface area (Å²) in [5, 5.41) is 13.2. The van der Waals surface area contributed by atoms with E-state index in [0.717, 1.165) is 25.1 Å². The molecule has 0 spiro atoms. The predicted molar refractivity (Wildman–Crippen MR) is 75.5 cm³/mol. The first-order valence-electron chi connectivity index (χ1n) is 5.96. The molecule has 0 N–H and O–H groups in total. The van der Waals surface area contributed by atoms with Gasteiger partial charge in [-0.25, -0.2) is 0 Å². The molecule has 1 aromatic heterocycles. The van der Waals surface area contributed by atoms with E-state index < -0.39 is 0 Å². The molecule has 2 aromatic rings. The molecule has 1 heterocycles. The first-order valence-corrected chi connectivity index (χ1v) is 6.91. The molecule has 0 amide bonds. The summed E-state index contributed by atoms with van der Waals surface area (Å²) in [5.74, 6) is 0. The first-order chi connectivity index (χ1) is 8.78. The summed E-state index contributed by atoms with van der Waals surface area (Å²) in [7, 11) is 2.12. The van der Waals surface area contributed by atoms with Crippen LogP contribution in [0.25, 0.3) is 0 Å². The number of nitrogens with zero attached hydrogens (tertiary/aromatic N) is 2. The normalized spacial score (nSPS) is 10.5. The summed E-state index contributed by atoms with van der Waals surface area (Å²) in [6, 6.07) is 12.2. The van der Waals surface area contributed by atoms with Crippen molar-refractivity contribution >= 4 is 11.3 Å². The topological polar surface area (TPSA) is 27.0 Å². The highest BCUT2D eigenvalue weighted by Crippen LogP contribution is 2.09. The molecule has 3 heteroatoms. The number of benzene rings is 1. The van der Waals surface area contributed by atoms with Gasteiger partial charge in [0.25, 0.3) is 0 Å². The average molecular weight is 256 g/mol. The lowest BCUT2D eigenvalue weighted by atomic mass is 10.1. The smallest absolute Gasteiger partial charge is 0.0991 e. The predicted octanol–water partition coefficient (Wildman–Crippen LogP) is 3.29. The molecule has 0 aliphatic rings. The first kappa shape index (κ1) is 12.8. The summed E-state index contributed by atoms with van der Waals surface area (Å²) in [6.07, 6.45) is 1.08. The van der Waals surface area contributed by atoms with Crippen molar-refractivity contribution in [2.45, 2.75) is 13.0 Å². The Hall–Kier alpha value is -1.63. The van der Waals surface area contributed by atoms with E-state index in [1.807, 2.05) is 18.2 Å². The quantitative estimate of drug-likeness (QED) is 0.820. The second kappa shape index (κ2) is 6.34. The van der Waals surface area contributed by atoms with Gasteiger partial charge in [0.2, 0.25) is 0 Å². The van der Waals surface area contributed by atoms with Gasteiger partial charge in [-0.1, -0.05) is 12.1 Å². The Morgan fingerprint density at radius 2 is 2.17 bits per heavy atom. The SMILES string of the molecule is CN(CCc1ccsc1)Cc1cccc(C#N)c1. The number of hydrogen-bond donors (Lipinski definition) is 0. The van der Waals surface area contributed by atoms with Crippen molar-refractivity contribution in [1.29, 1.82) is 5.26 Å². The fraction of sp³-hybridized carbons (Fsp3) is 0.267. The Morgan fingerprint density at radius 1 is 1.28 bits per heavy atom. The fourth-order valence-electron chi connectivity index (χ4n) is 1.88. The van der Waals surface area contributed by atoms with Crippen LogP contribution in [-0.2, 0) is 13.0 Å². The minimum atomic E-state index is 0.735. The van der Waals surface area contributed by atoms with Crippen molar-refractivity contribution in [3.63, 3.8) is 0 Å². The summed E-state index contributed by atoms with van der Waals surface area (Å²) in [5.41, 5.74) is 3.33. The zero-order valence-electron chi connectivity index (χ0n) is 10.5. The van der Waals surface area contributed by atoms with Crippen LogP contribution in [0.15, 0.2) is 41.1 Å². The molecule has 0 fully saturated rings. The minimum Gasteiger partial charge on any atom is -0.302 e. The molecule has 0 atom stereocenters. The molecule has 0 bridgehead atoms. The molecule has 0 saturated carbocycles. The van der Waals surface area contributed by atoms with Gasteiger partial charge in [-0.05, 0) is 53.6 Å². The molecule has 1 aromatic carbocycles. The third-order valence-corrected chi connectivity index (χ3v) is 3.60. The van der Waals surface area contributed by atoms with Gasteiger partial charge in [0, 0.05) is 13.1 Å². The molecular formula is C15H16N2S. The summed E-state index contributed by atoms with van der Waals surface area (Å²) >= 11 is 1.75. The Labute approximate surface area is 112 Å². The van der Waals surface area contributed by atoms with Crippen LogP contribution in [0.2, 0.25) is 0 Å².